The maximum absolute atomic E-state index is 9.48. The molecule has 0 amide bonds. The number of hydrogen-bond donors (Lipinski definition) is 3. The van der Waals surface area contributed by atoms with E-state index in [1.165, 1.54) is 0 Å². The van der Waals surface area contributed by atoms with Crippen LogP contribution < -0.4 is 11.1 Å². The second-order valence-corrected chi connectivity index (χ2v) is 2.96. The summed E-state index contributed by atoms with van der Waals surface area (Å²) in [7, 11) is 1.80. The lowest BCUT2D eigenvalue weighted by Crippen LogP contribution is -2.25. The van der Waals surface area contributed by atoms with Gasteiger partial charge in [-0.2, -0.15) is 0 Å². The Morgan fingerprint density at radius 3 is 3.08 bits per heavy atom. The summed E-state index contributed by atoms with van der Waals surface area (Å²) in [5.41, 5.74) is 6.52. The molecule has 1 rings (SSSR count). The highest BCUT2D eigenvalue weighted by molar-refractivity contribution is 5.38. The number of likely N-dealkylation sites (N-methyl/N-ethyl adjacent to an activating group) is 1. The largest absolute Gasteiger partial charge is 0.391 e. The molecular weight excluding hydrogens is 166 g/mol. The zero-order valence-corrected chi connectivity index (χ0v) is 7.70. The van der Waals surface area contributed by atoms with Crippen molar-refractivity contribution in [2.45, 2.75) is 12.5 Å². The number of nitrogen functional groups attached to an aromatic ring is 1. The van der Waals surface area contributed by atoms with Crippen molar-refractivity contribution in [2.75, 3.05) is 19.3 Å². The Kier molecular flexibility index (Phi) is 3.67. The number of nitrogens with one attached hydrogen (secondary N) is 1. The second-order valence-electron chi connectivity index (χ2n) is 2.96. The molecule has 0 radical (unpaired) electrons. The Balaban J connectivity index is 2.58. The van der Waals surface area contributed by atoms with Crippen LogP contribution in [0.4, 0.5) is 5.82 Å². The van der Waals surface area contributed by atoms with Crippen molar-refractivity contribution >= 4 is 5.82 Å². The van der Waals surface area contributed by atoms with E-state index in [0.717, 1.165) is 5.56 Å². The van der Waals surface area contributed by atoms with E-state index < -0.39 is 6.10 Å². The van der Waals surface area contributed by atoms with Crippen LogP contribution in [0.1, 0.15) is 5.56 Å². The molecule has 0 bridgehead atoms. The van der Waals surface area contributed by atoms with Crippen LogP contribution in [0.2, 0.25) is 0 Å². The summed E-state index contributed by atoms with van der Waals surface area (Å²) in [5.74, 6) is 0.498. The summed E-state index contributed by atoms with van der Waals surface area (Å²) < 4.78 is 0. The molecule has 13 heavy (non-hydrogen) atoms. The fourth-order valence-corrected chi connectivity index (χ4v) is 1.19. The van der Waals surface area contributed by atoms with Crippen LogP contribution in [-0.2, 0) is 6.42 Å². The van der Waals surface area contributed by atoms with Crippen molar-refractivity contribution in [3.8, 4) is 0 Å². The van der Waals surface area contributed by atoms with Gasteiger partial charge in [0.15, 0.2) is 0 Å². The molecule has 4 N–H and O–H groups in total. The van der Waals surface area contributed by atoms with Gasteiger partial charge in [-0.25, -0.2) is 4.98 Å². The van der Waals surface area contributed by atoms with Crippen LogP contribution in [0.25, 0.3) is 0 Å². The number of aromatic nitrogens is 1. The quantitative estimate of drug-likeness (QED) is 0.601. The third-order valence-corrected chi connectivity index (χ3v) is 1.82. The molecule has 0 fully saturated rings. The second kappa shape index (κ2) is 4.79. The predicted octanol–water partition coefficient (Wildman–Crippen LogP) is -0.213. The first-order valence-electron chi connectivity index (χ1n) is 4.26. The normalized spacial score (nSPS) is 12.8. The van der Waals surface area contributed by atoms with E-state index in [4.69, 9.17) is 5.73 Å². The molecule has 0 saturated carbocycles. The molecule has 0 aliphatic carbocycles. The standard InChI is InChI=1S/C9H15N3O/c1-11-6-8(13)5-7-3-2-4-12-9(7)10/h2-4,8,11,13H,5-6H2,1H3,(H2,10,12). The van der Waals surface area contributed by atoms with Gasteiger partial charge >= 0.3 is 0 Å². The van der Waals surface area contributed by atoms with Gasteiger partial charge in [-0.3, -0.25) is 0 Å². The molecular formula is C9H15N3O. The molecule has 0 aliphatic rings. The third kappa shape index (κ3) is 3.01. The number of anilines is 1. The lowest BCUT2D eigenvalue weighted by molar-refractivity contribution is 0.175. The molecule has 72 valence electrons. The van der Waals surface area contributed by atoms with Crippen LogP contribution in [0, 0.1) is 0 Å². The lowest BCUT2D eigenvalue weighted by Gasteiger charge is -2.10. The molecule has 1 aromatic heterocycles. The fraction of sp³-hybridized carbons (Fsp3) is 0.444. The summed E-state index contributed by atoms with van der Waals surface area (Å²) in [4.78, 5) is 3.94. The molecule has 0 aromatic carbocycles. The minimum Gasteiger partial charge on any atom is -0.391 e. The molecule has 0 aliphatic heterocycles. The van der Waals surface area contributed by atoms with E-state index in [-0.39, 0.29) is 0 Å². The van der Waals surface area contributed by atoms with Crippen molar-refractivity contribution in [1.29, 1.82) is 0 Å². The van der Waals surface area contributed by atoms with Gasteiger partial charge in [-0.1, -0.05) is 6.07 Å². The molecule has 0 saturated heterocycles. The Morgan fingerprint density at radius 1 is 1.69 bits per heavy atom. The van der Waals surface area contributed by atoms with E-state index in [1.54, 1.807) is 13.2 Å². The fourth-order valence-electron chi connectivity index (χ4n) is 1.19. The average Bonchev–Trinajstić information content (AvgIpc) is 2.09. The van der Waals surface area contributed by atoms with E-state index in [2.05, 4.69) is 10.3 Å². The highest BCUT2D eigenvalue weighted by atomic mass is 16.3. The molecule has 4 nitrogen and oxygen atoms in total. The van der Waals surface area contributed by atoms with E-state index in [9.17, 15) is 5.11 Å². The third-order valence-electron chi connectivity index (χ3n) is 1.82. The first-order chi connectivity index (χ1) is 6.24. The number of aliphatic hydroxyl groups is 1. The maximum atomic E-state index is 9.48. The molecule has 1 aromatic rings. The number of nitrogens with two attached hydrogens (primary N) is 1. The molecule has 1 unspecified atom stereocenters. The van der Waals surface area contributed by atoms with Gasteiger partial charge in [0.25, 0.3) is 0 Å². The first-order valence-corrected chi connectivity index (χ1v) is 4.26. The van der Waals surface area contributed by atoms with Gasteiger partial charge < -0.3 is 16.2 Å². The SMILES string of the molecule is CNCC(O)Cc1cccnc1N. The van der Waals surface area contributed by atoms with Crippen LogP contribution in [-0.4, -0.2) is 29.8 Å². The van der Waals surface area contributed by atoms with E-state index in [1.807, 2.05) is 12.1 Å². The van der Waals surface area contributed by atoms with Gasteiger partial charge in [0.2, 0.25) is 0 Å². The molecule has 4 heteroatoms. The van der Waals surface area contributed by atoms with Gasteiger partial charge in [0.05, 0.1) is 6.10 Å². The van der Waals surface area contributed by atoms with Crippen LogP contribution in [0.3, 0.4) is 0 Å². The zero-order chi connectivity index (χ0) is 9.68. The summed E-state index contributed by atoms with van der Waals surface area (Å²) >= 11 is 0. The maximum Gasteiger partial charge on any atom is 0.126 e. The predicted molar refractivity (Wildman–Crippen MR) is 52.3 cm³/mol. The van der Waals surface area contributed by atoms with Crippen molar-refractivity contribution in [3.63, 3.8) is 0 Å². The number of hydrogen-bond acceptors (Lipinski definition) is 4. The Morgan fingerprint density at radius 2 is 2.46 bits per heavy atom. The number of pyridine rings is 1. The first kappa shape index (κ1) is 9.95. The number of nitrogens with zero attached hydrogens (tertiary/aromatic N) is 1. The van der Waals surface area contributed by atoms with Crippen LogP contribution in [0.5, 0.6) is 0 Å². The minimum absolute atomic E-state index is 0.406. The highest BCUT2D eigenvalue weighted by Crippen LogP contribution is 2.09. The van der Waals surface area contributed by atoms with Crippen molar-refractivity contribution in [1.82, 2.24) is 10.3 Å². The summed E-state index contributed by atoms with van der Waals surface area (Å²) in [6, 6.07) is 3.69. The average molecular weight is 181 g/mol. The zero-order valence-electron chi connectivity index (χ0n) is 7.70. The minimum atomic E-state index is -0.406. The van der Waals surface area contributed by atoms with E-state index in [0.29, 0.717) is 18.8 Å². The number of rotatable bonds is 4. The van der Waals surface area contributed by atoms with Crippen molar-refractivity contribution < 1.29 is 5.11 Å². The Labute approximate surface area is 77.8 Å². The molecule has 1 atom stereocenters. The van der Waals surface area contributed by atoms with Gasteiger partial charge in [0, 0.05) is 19.2 Å². The van der Waals surface area contributed by atoms with Crippen LogP contribution in [0.15, 0.2) is 18.3 Å². The topological polar surface area (TPSA) is 71.2 Å². The summed E-state index contributed by atoms with van der Waals surface area (Å²) in [6.07, 6.45) is 1.78. The monoisotopic (exact) mass is 181 g/mol. The summed E-state index contributed by atoms with van der Waals surface area (Å²) in [5, 5.41) is 12.4. The van der Waals surface area contributed by atoms with Crippen molar-refractivity contribution in [3.05, 3.63) is 23.9 Å². The van der Waals surface area contributed by atoms with Gasteiger partial charge in [-0.15, -0.1) is 0 Å². The summed E-state index contributed by atoms with van der Waals surface area (Å²) in [6.45, 7) is 0.564. The molecule has 1 heterocycles. The lowest BCUT2D eigenvalue weighted by atomic mass is 10.1. The van der Waals surface area contributed by atoms with Gasteiger partial charge in [0.1, 0.15) is 5.82 Å². The smallest absolute Gasteiger partial charge is 0.126 e. The van der Waals surface area contributed by atoms with E-state index >= 15 is 0 Å². The van der Waals surface area contributed by atoms with Gasteiger partial charge in [-0.05, 0) is 18.7 Å². The highest BCUT2D eigenvalue weighted by Gasteiger charge is 2.06. The Hall–Kier alpha value is -1.13. The van der Waals surface area contributed by atoms with Crippen molar-refractivity contribution in [2.24, 2.45) is 0 Å². The molecule has 0 spiro atoms. The number of aliphatic hydroxyl groups excluding tert-OH is 1. The Bertz CT molecular complexity index is 265. The van der Waals surface area contributed by atoms with Crippen LogP contribution >= 0.6 is 0 Å².